The lowest BCUT2D eigenvalue weighted by Crippen LogP contribution is -2.43. The minimum atomic E-state index is -0.485. The molecule has 0 aliphatic rings. The average molecular weight is 258 g/mol. The van der Waals surface area contributed by atoms with Gasteiger partial charge in [-0.05, 0) is 27.2 Å². The maximum Gasteiger partial charge on any atom is 0.307 e. The summed E-state index contributed by atoms with van der Waals surface area (Å²) in [5, 5.41) is 2.80. The van der Waals surface area contributed by atoms with Crippen LogP contribution in [0.2, 0.25) is 0 Å². The van der Waals surface area contributed by atoms with Crippen LogP contribution < -0.4 is 11.1 Å². The molecule has 1 atom stereocenters. The van der Waals surface area contributed by atoms with Gasteiger partial charge in [0.1, 0.15) is 0 Å². The van der Waals surface area contributed by atoms with Crippen molar-refractivity contribution in [1.29, 1.82) is 0 Å². The predicted octanol–water partition coefficient (Wildman–Crippen LogP) is 1.35. The molecule has 3 N–H and O–H groups in total. The van der Waals surface area contributed by atoms with E-state index in [0.717, 1.165) is 12.8 Å². The maximum absolute atomic E-state index is 11.6. The van der Waals surface area contributed by atoms with Crippen LogP contribution in [0.4, 0.5) is 0 Å². The van der Waals surface area contributed by atoms with E-state index < -0.39 is 6.04 Å². The van der Waals surface area contributed by atoms with Gasteiger partial charge in [-0.25, -0.2) is 0 Å². The molecule has 0 fully saturated rings. The van der Waals surface area contributed by atoms with Gasteiger partial charge in [-0.2, -0.15) is 0 Å². The normalized spacial score (nSPS) is 12.9. The summed E-state index contributed by atoms with van der Waals surface area (Å²) in [7, 11) is 0. The number of hydrogen-bond acceptors (Lipinski definition) is 4. The highest BCUT2D eigenvalue weighted by atomic mass is 16.5. The minimum Gasteiger partial charge on any atom is -0.466 e. The number of carbonyl (C=O) groups is 2. The van der Waals surface area contributed by atoms with Crippen molar-refractivity contribution in [2.24, 2.45) is 5.73 Å². The Bertz CT molecular complexity index is 272. The van der Waals surface area contributed by atoms with Gasteiger partial charge in [0.05, 0.1) is 13.0 Å². The van der Waals surface area contributed by atoms with Crippen molar-refractivity contribution >= 4 is 11.9 Å². The van der Waals surface area contributed by atoms with Crippen molar-refractivity contribution in [2.45, 2.75) is 65.0 Å². The van der Waals surface area contributed by atoms with Crippen LogP contribution in [0.15, 0.2) is 0 Å². The molecular weight excluding hydrogens is 232 g/mol. The largest absolute Gasteiger partial charge is 0.466 e. The fraction of sp³-hybridized carbons (Fsp3) is 0.846. The van der Waals surface area contributed by atoms with E-state index in [9.17, 15) is 9.59 Å². The number of ether oxygens (including phenoxy) is 1. The Kier molecular flexibility index (Phi) is 7.59. The van der Waals surface area contributed by atoms with Crippen LogP contribution in [0.5, 0.6) is 0 Å². The molecule has 0 saturated carbocycles. The Morgan fingerprint density at radius 1 is 1.28 bits per heavy atom. The Morgan fingerprint density at radius 3 is 2.39 bits per heavy atom. The molecule has 5 heteroatoms. The smallest absolute Gasteiger partial charge is 0.307 e. The van der Waals surface area contributed by atoms with Gasteiger partial charge in [-0.15, -0.1) is 0 Å². The molecule has 0 rings (SSSR count). The Hall–Kier alpha value is -1.10. The van der Waals surface area contributed by atoms with Gasteiger partial charge in [-0.3, -0.25) is 9.59 Å². The van der Waals surface area contributed by atoms with E-state index in [1.165, 1.54) is 0 Å². The highest BCUT2D eigenvalue weighted by Gasteiger charge is 2.18. The topological polar surface area (TPSA) is 81.4 Å². The fourth-order valence-electron chi connectivity index (χ4n) is 1.38. The number of nitrogens with one attached hydrogen (secondary N) is 1. The van der Waals surface area contributed by atoms with Crippen LogP contribution in [0.25, 0.3) is 0 Å². The number of nitrogens with two attached hydrogens (primary N) is 1. The molecule has 18 heavy (non-hydrogen) atoms. The summed E-state index contributed by atoms with van der Waals surface area (Å²) in [5.41, 5.74) is 5.46. The van der Waals surface area contributed by atoms with Crippen LogP contribution in [-0.4, -0.2) is 30.1 Å². The van der Waals surface area contributed by atoms with Crippen molar-refractivity contribution in [1.82, 2.24) is 5.32 Å². The first-order valence-corrected chi connectivity index (χ1v) is 6.47. The summed E-state index contributed by atoms with van der Waals surface area (Å²) in [6.45, 7) is 8.15. The van der Waals surface area contributed by atoms with Gasteiger partial charge < -0.3 is 15.8 Å². The summed E-state index contributed by atoms with van der Waals surface area (Å²) in [6, 6.07) is -0.485. The van der Waals surface area contributed by atoms with Crippen molar-refractivity contribution in [3.8, 4) is 0 Å². The van der Waals surface area contributed by atoms with E-state index in [-0.39, 0.29) is 30.3 Å². The van der Waals surface area contributed by atoms with Gasteiger partial charge in [0.2, 0.25) is 5.91 Å². The van der Waals surface area contributed by atoms with E-state index in [4.69, 9.17) is 10.5 Å². The molecule has 0 heterocycles. The van der Waals surface area contributed by atoms with Crippen LogP contribution >= 0.6 is 0 Å². The SMILES string of the molecule is CCCCOC(=O)C[C@H](N)CC(=O)NC(C)(C)C. The van der Waals surface area contributed by atoms with Gasteiger partial charge in [0, 0.05) is 18.0 Å². The van der Waals surface area contributed by atoms with Gasteiger partial charge in [0.25, 0.3) is 0 Å². The number of unbranched alkanes of at least 4 members (excludes halogenated alkanes) is 1. The van der Waals surface area contributed by atoms with Crippen LogP contribution in [0, 0.1) is 0 Å². The van der Waals surface area contributed by atoms with Gasteiger partial charge in [0.15, 0.2) is 0 Å². The second-order valence-electron chi connectivity index (χ2n) is 5.54. The first-order valence-electron chi connectivity index (χ1n) is 6.47. The van der Waals surface area contributed by atoms with Crippen LogP contribution in [0.3, 0.4) is 0 Å². The molecule has 0 aliphatic carbocycles. The highest BCUT2D eigenvalue weighted by Crippen LogP contribution is 2.03. The lowest BCUT2D eigenvalue weighted by atomic mass is 10.1. The zero-order valence-corrected chi connectivity index (χ0v) is 11.9. The van der Waals surface area contributed by atoms with E-state index in [1.807, 2.05) is 27.7 Å². The number of hydrogen-bond donors (Lipinski definition) is 2. The second kappa shape index (κ2) is 8.08. The Morgan fingerprint density at radius 2 is 1.89 bits per heavy atom. The first-order chi connectivity index (χ1) is 8.24. The molecule has 0 aliphatic heterocycles. The van der Waals surface area contributed by atoms with Gasteiger partial charge in [-0.1, -0.05) is 13.3 Å². The van der Waals surface area contributed by atoms with Crippen molar-refractivity contribution in [2.75, 3.05) is 6.61 Å². The van der Waals surface area contributed by atoms with Gasteiger partial charge >= 0.3 is 5.97 Å². The third-order valence-corrected chi connectivity index (χ3v) is 2.15. The summed E-state index contributed by atoms with van der Waals surface area (Å²) >= 11 is 0. The van der Waals surface area contributed by atoms with Crippen molar-refractivity contribution in [3.05, 3.63) is 0 Å². The molecule has 1 amide bonds. The zero-order valence-electron chi connectivity index (χ0n) is 11.9. The molecule has 106 valence electrons. The molecule has 0 aromatic heterocycles. The monoisotopic (exact) mass is 258 g/mol. The number of esters is 1. The third kappa shape index (κ3) is 10.1. The average Bonchev–Trinajstić information content (AvgIpc) is 2.13. The van der Waals surface area contributed by atoms with E-state index in [1.54, 1.807) is 0 Å². The summed E-state index contributed by atoms with van der Waals surface area (Å²) < 4.78 is 4.98. The minimum absolute atomic E-state index is 0.0846. The highest BCUT2D eigenvalue weighted by molar-refractivity contribution is 5.78. The molecule has 0 spiro atoms. The standard InChI is InChI=1S/C13H26N2O3/c1-5-6-7-18-12(17)9-10(14)8-11(16)15-13(2,3)4/h10H,5-9,14H2,1-4H3,(H,15,16)/t10-/m1/s1. The predicted molar refractivity (Wildman–Crippen MR) is 71.0 cm³/mol. The summed E-state index contributed by atoms with van der Waals surface area (Å²) in [4.78, 5) is 22.9. The van der Waals surface area contributed by atoms with Crippen molar-refractivity contribution in [3.63, 3.8) is 0 Å². The lowest BCUT2D eigenvalue weighted by molar-refractivity contribution is -0.144. The van der Waals surface area contributed by atoms with Crippen molar-refractivity contribution < 1.29 is 14.3 Å². The summed E-state index contributed by atoms with van der Waals surface area (Å²) in [5.74, 6) is -0.476. The second-order valence-corrected chi connectivity index (χ2v) is 5.54. The van der Waals surface area contributed by atoms with Crippen LogP contribution in [-0.2, 0) is 14.3 Å². The Labute approximate surface area is 109 Å². The first kappa shape index (κ1) is 16.9. The molecule has 0 unspecified atom stereocenters. The molecule has 0 aromatic rings. The number of amides is 1. The molecule has 0 aromatic carbocycles. The molecule has 0 bridgehead atoms. The third-order valence-electron chi connectivity index (χ3n) is 2.15. The lowest BCUT2D eigenvalue weighted by Gasteiger charge is -2.21. The molecule has 0 saturated heterocycles. The molecule has 5 nitrogen and oxygen atoms in total. The summed E-state index contributed by atoms with van der Waals surface area (Å²) in [6.07, 6.45) is 2.06. The maximum atomic E-state index is 11.6. The van der Waals surface area contributed by atoms with Crippen LogP contribution in [0.1, 0.15) is 53.4 Å². The zero-order chi connectivity index (χ0) is 14.2. The number of rotatable bonds is 7. The van der Waals surface area contributed by atoms with E-state index >= 15 is 0 Å². The molecular formula is C13H26N2O3. The quantitative estimate of drug-likeness (QED) is 0.533. The molecule has 0 radical (unpaired) electrons. The van der Waals surface area contributed by atoms with E-state index in [2.05, 4.69) is 5.32 Å². The fourth-order valence-corrected chi connectivity index (χ4v) is 1.38. The Balaban J connectivity index is 3.85. The number of carbonyl (C=O) groups excluding carboxylic acids is 2. The van der Waals surface area contributed by atoms with E-state index in [0.29, 0.717) is 6.61 Å².